The van der Waals surface area contributed by atoms with Gasteiger partial charge in [-0.25, -0.2) is 0 Å². The van der Waals surface area contributed by atoms with Crippen molar-refractivity contribution in [1.29, 1.82) is 0 Å². The molecule has 2 aliphatic heterocycles. The van der Waals surface area contributed by atoms with Gasteiger partial charge in [-0.05, 0) is 26.7 Å². The predicted molar refractivity (Wildman–Crippen MR) is 47.7 cm³/mol. The smallest absolute Gasteiger partial charge is 0.186 e. The van der Waals surface area contributed by atoms with Gasteiger partial charge in [0, 0.05) is 7.11 Å². The van der Waals surface area contributed by atoms with Gasteiger partial charge in [0.2, 0.25) is 0 Å². The molecule has 3 rings (SSSR count). The highest BCUT2D eigenvalue weighted by molar-refractivity contribution is 5.13. The van der Waals surface area contributed by atoms with E-state index in [1.54, 1.807) is 7.11 Å². The Hall–Kier alpha value is -0.160. The van der Waals surface area contributed by atoms with Crippen molar-refractivity contribution in [2.75, 3.05) is 7.11 Å². The Labute approximate surface area is 83.5 Å². The highest BCUT2D eigenvalue weighted by Crippen LogP contribution is 2.55. The van der Waals surface area contributed by atoms with Gasteiger partial charge in [-0.2, -0.15) is 0 Å². The van der Waals surface area contributed by atoms with Gasteiger partial charge >= 0.3 is 0 Å². The molecule has 14 heavy (non-hydrogen) atoms. The second kappa shape index (κ2) is 2.50. The van der Waals surface area contributed by atoms with E-state index in [0.29, 0.717) is 0 Å². The van der Waals surface area contributed by atoms with Gasteiger partial charge in [-0.1, -0.05) is 0 Å². The molecule has 2 heterocycles. The second-order valence-electron chi connectivity index (χ2n) is 4.81. The zero-order valence-electron chi connectivity index (χ0n) is 8.78. The molecule has 3 fully saturated rings. The summed E-state index contributed by atoms with van der Waals surface area (Å²) in [5.74, 6) is -0.495. The van der Waals surface area contributed by atoms with Crippen molar-refractivity contribution in [3.8, 4) is 0 Å². The van der Waals surface area contributed by atoms with Gasteiger partial charge in [0.05, 0.1) is 0 Å². The van der Waals surface area contributed by atoms with Crippen molar-refractivity contribution in [3.63, 3.8) is 0 Å². The lowest BCUT2D eigenvalue weighted by molar-refractivity contribution is -0.232. The van der Waals surface area contributed by atoms with Crippen LogP contribution in [0.5, 0.6) is 0 Å². The van der Waals surface area contributed by atoms with Crippen molar-refractivity contribution in [2.45, 2.75) is 56.6 Å². The van der Waals surface area contributed by atoms with Gasteiger partial charge in [0.1, 0.15) is 17.8 Å². The lowest BCUT2D eigenvalue weighted by Crippen LogP contribution is -2.31. The third kappa shape index (κ3) is 1.08. The minimum Gasteiger partial charge on any atom is -0.353 e. The van der Waals surface area contributed by atoms with Crippen molar-refractivity contribution < 1.29 is 18.9 Å². The van der Waals surface area contributed by atoms with Crippen LogP contribution in [0.2, 0.25) is 0 Å². The van der Waals surface area contributed by atoms with E-state index in [2.05, 4.69) is 0 Å². The highest BCUT2D eigenvalue weighted by Gasteiger charge is 2.68. The van der Waals surface area contributed by atoms with E-state index in [4.69, 9.17) is 18.9 Å². The van der Waals surface area contributed by atoms with Crippen LogP contribution < -0.4 is 0 Å². The molecule has 3 atom stereocenters. The number of methoxy groups -OCH3 is 1. The summed E-state index contributed by atoms with van der Waals surface area (Å²) in [6, 6.07) is 0. The summed E-state index contributed by atoms with van der Waals surface area (Å²) in [6.45, 7) is 3.88. The Balaban J connectivity index is 1.87. The first-order valence-corrected chi connectivity index (χ1v) is 5.13. The van der Waals surface area contributed by atoms with E-state index in [1.807, 2.05) is 13.8 Å². The maximum absolute atomic E-state index is 5.86. The maximum Gasteiger partial charge on any atom is 0.186 e. The van der Waals surface area contributed by atoms with Crippen molar-refractivity contribution in [2.24, 2.45) is 0 Å². The third-order valence-electron chi connectivity index (χ3n) is 3.24. The zero-order chi connectivity index (χ0) is 9.97. The molecule has 0 bridgehead atoms. The van der Waals surface area contributed by atoms with Crippen molar-refractivity contribution >= 4 is 0 Å². The Morgan fingerprint density at radius 3 is 2.43 bits per heavy atom. The highest BCUT2D eigenvalue weighted by atomic mass is 16.8. The fourth-order valence-electron chi connectivity index (χ4n) is 2.47. The largest absolute Gasteiger partial charge is 0.353 e. The molecule has 0 aromatic heterocycles. The molecule has 0 radical (unpaired) electrons. The fourth-order valence-corrected chi connectivity index (χ4v) is 2.47. The Morgan fingerprint density at radius 1 is 1.14 bits per heavy atom. The molecule has 1 aliphatic carbocycles. The van der Waals surface area contributed by atoms with Crippen molar-refractivity contribution in [3.05, 3.63) is 0 Å². The molecule has 0 aromatic rings. The molecule has 1 saturated carbocycles. The van der Waals surface area contributed by atoms with E-state index in [0.717, 1.165) is 12.8 Å². The Morgan fingerprint density at radius 2 is 1.86 bits per heavy atom. The first-order chi connectivity index (χ1) is 6.56. The lowest BCUT2D eigenvalue weighted by Gasteiger charge is -2.23. The van der Waals surface area contributed by atoms with Gasteiger partial charge in [-0.3, -0.25) is 0 Å². The summed E-state index contributed by atoms with van der Waals surface area (Å²) in [7, 11) is 1.65. The van der Waals surface area contributed by atoms with E-state index in [1.165, 1.54) is 0 Å². The summed E-state index contributed by atoms with van der Waals surface area (Å²) in [5, 5.41) is 0. The second-order valence-corrected chi connectivity index (χ2v) is 4.81. The van der Waals surface area contributed by atoms with Crippen molar-refractivity contribution in [1.82, 2.24) is 0 Å². The first kappa shape index (κ1) is 9.09. The maximum atomic E-state index is 5.86. The summed E-state index contributed by atoms with van der Waals surface area (Å²) >= 11 is 0. The normalized spacial score (nSPS) is 46.9. The quantitative estimate of drug-likeness (QED) is 0.633. The molecule has 0 unspecified atom stereocenters. The number of ether oxygens (including phenoxy) is 4. The van der Waals surface area contributed by atoms with Crippen LogP contribution in [0, 0.1) is 0 Å². The number of hydrogen-bond acceptors (Lipinski definition) is 4. The molecular formula is C10H16O4. The Kier molecular flexibility index (Phi) is 1.62. The van der Waals surface area contributed by atoms with Crippen LogP contribution in [0.15, 0.2) is 0 Å². The van der Waals surface area contributed by atoms with E-state index < -0.39 is 5.79 Å². The van der Waals surface area contributed by atoms with Crippen LogP contribution in [-0.4, -0.2) is 37.0 Å². The van der Waals surface area contributed by atoms with E-state index in [9.17, 15) is 0 Å². The van der Waals surface area contributed by atoms with Crippen LogP contribution in [0.3, 0.4) is 0 Å². The van der Waals surface area contributed by atoms with Crippen LogP contribution in [0.1, 0.15) is 26.7 Å². The number of fused-ring (bicyclic) bond motifs is 2. The number of hydrogen-bond donors (Lipinski definition) is 0. The minimum atomic E-state index is -0.495. The van der Waals surface area contributed by atoms with Gasteiger partial charge in [0.15, 0.2) is 12.1 Å². The Bertz CT molecular complexity index is 259. The molecule has 4 heteroatoms. The van der Waals surface area contributed by atoms with Crippen LogP contribution in [0.25, 0.3) is 0 Å². The van der Waals surface area contributed by atoms with Crippen LogP contribution >= 0.6 is 0 Å². The average Bonchev–Trinajstić information content (AvgIpc) is 2.74. The fraction of sp³-hybridized carbons (Fsp3) is 1.00. The lowest BCUT2D eigenvalue weighted by atomic mass is 10.1. The third-order valence-corrected chi connectivity index (χ3v) is 3.24. The van der Waals surface area contributed by atoms with Gasteiger partial charge < -0.3 is 18.9 Å². The first-order valence-electron chi connectivity index (χ1n) is 5.13. The summed E-state index contributed by atoms with van der Waals surface area (Å²) in [6.07, 6.45) is 1.87. The van der Waals surface area contributed by atoms with E-state index in [-0.39, 0.29) is 24.1 Å². The molecular weight excluding hydrogens is 184 g/mol. The standard InChI is InChI=1S/C10H16O4/c1-9(2)12-6-7(13-9)10(4-5-10)14-8(6)11-3/h6-8H,4-5H2,1-3H3/t6-,7+,8-/m1/s1. The predicted octanol–water partition coefficient (Wildman–Crippen LogP) is 1.04. The van der Waals surface area contributed by atoms with E-state index >= 15 is 0 Å². The van der Waals surface area contributed by atoms with Crippen LogP contribution in [-0.2, 0) is 18.9 Å². The summed E-state index contributed by atoms with van der Waals surface area (Å²) in [5.41, 5.74) is -0.0981. The van der Waals surface area contributed by atoms with Gasteiger partial charge in [-0.15, -0.1) is 0 Å². The molecule has 80 valence electrons. The molecule has 1 spiro atoms. The SMILES string of the molecule is CO[C@@H]1OC2(CC2)[C@H]2OC(C)(C)O[C@@H]12. The average molecular weight is 200 g/mol. The monoisotopic (exact) mass is 200 g/mol. The summed E-state index contributed by atoms with van der Waals surface area (Å²) < 4.78 is 22.7. The topological polar surface area (TPSA) is 36.9 Å². The molecule has 0 N–H and O–H groups in total. The molecule has 4 nitrogen and oxygen atoms in total. The number of rotatable bonds is 1. The van der Waals surface area contributed by atoms with Gasteiger partial charge in [0.25, 0.3) is 0 Å². The zero-order valence-corrected chi connectivity index (χ0v) is 8.78. The van der Waals surface area contributed by atoms with Crippen LogP contribution in [0.4, 0.5) is 0 Å². The minimum absolute atomic E-state index is 0.0578. The summed E-state index contributed by atoms with van der Waals surface area (Å²) in [4.78, 5) is 0. The molecule has 3 aliphatic rings. The molecule has 0 amide bonds. The molecule has 2 saturated heterocycles. The molecule has 0 aromatic carbocycles.